The summed E-state index contributed by atoms with van der Waals surface area (Å²) in [5, 5.41) is 0. The van der Waals surface area contributed by atoms with E-state index in [0.29, 0.717) is 25.6 Å². The van der Waals surface area contributed by atoms with Crippen molar-refractivity contribution in [3.63, 3.8) is 0 Å². The highest BCUT2D eigenvalue weighted by Crippen LogP contribution is 2.48. The normalized spacial score (nSPS) is 26.3. The Kier molecular flexibility index (Phi) is 4.76. The monoisotopic (exact) mass is 344 g/mol. The van der Waals surface area contributed by atoms with Crippen LogP contribution in [0.1, 0.15) is 45.6 Å². The van der Waals surface area contributed by atoms with Crippen LogP contribution >= 0.6 is 0 Å². The number of piperazine rings is 1. The lowest BCUT2D eigenvalue weighted by Gasteiger charge is -2.40. The summed E-state index contributed by atoms with van der Waals surface area (Å²) in [4.78, 5) is 28.7. The number of carbonyl (C=O) groups excluding carboxylic acids is 2. The number of hydrogen-bond donors (Lipinski definition) is 0. The van der Waals surface area contributed by atoms with Gasteiger partial charge in [-0.2, -0.15) is 0 Å². The Labute approximate surface area is 149 Å². The molecule has 0 aromatic heterocycles. The highest BCUT2D eigenvalue weighted by atomic mass is 16.6. The van der Waals surface area contributed by atoms with Gasteiger partial charge in [0.25, 0.3) is 0 Å². The molecule has 25 heavy (non-hydrogen) atoms. The molecule has 1 aromatic carbocycles. The molecule has 0 spiro atoms. The molecule has 5 heteroatoms. The summed E-state index contributed by atoms with van der Waals surface area (Å²) in [7, 11) is 0. The minimum Gasteiger partial charge on any atom is -0.444 e. The van der Waals surface area contributed by atoms with Crippen molar-refractivity contribution in [1.29, 1.82) is 0 Å². The molecule has 1 aromatic rings. The fraction of sp³-hybridized carbons (Fsp3) is 0.600. The maximum atomic E-state index is 12.8. The standard InChI is InChI=1S/C20H28N2O3/c1-14-13-21(10-11-22(14)19(24)25-20(2,3)4)18(23)17-12-16(17)15-8-6-5-7-9-15/h5-9,14,16-17H,10-13H2,1-4H3/t14-,16-,17-/m1/s1. The smallest absolute Gasteiger partial charge is 0.410 e. The lowest BCUT2D eigenvalue weighted by atomic mass is 10.1. The number of rotatable bonds is 2. The molecule has 2 amide bonds. The Morgan fingerprint density at radius 3 is 2.40 bits per heavy atom. The highest BCUT2D eigenvalue weighted by Gasteiger charge is 2.46. The van der Waals surface area contributed by atoms with Gasteiger partial charge in [-0.05, 0) is 45.6 Å². The predicted octanol–water partition coefficient (Wildman–Crippen LogP) is 3.26. The van der Waals surface area contributed by atoms with Crippen LogP contribution in [0.3, 0.4) is 0 Å². The summed E-state index contributed by atoms with van der Waals surface area (Å²) in [5.41, 5.74) is 0.752. The quantitative estimate of drug-likeness (QED) is 0.827. The molecule has 2 fully saturated rings. The molecule has 2 aliphatic rings. The fourth-order valence-corrected chi connectivity index (χ4v) is 3.52. The van der Waals surface area contributed by atoms with E-state index in [-0.39, 0.29) is 24.0 Å². The number of carbonyl (C=O) groups is 2. The molecule has 1 aliphatic carbocycles. The van der Waals surface area contributed by atoms with Gasteiger partial charge >= 0.3 is 6.09 Å². The molecule has 136 valence electrons. The molecule has 3 rings (SSSR count). The van der Waals surface area contributed by atoms with E-state index in [9.17, 15) is 9.59 Å². The molecule has 0 radical (unpaired) electrons. The van der Waals surface area contributed by atoms with Gasteiger partial charge < -0.3 is 14.5 Å². The maximum Gasteiger partial charge on any atom is 0.410 e. The van der Waals surface area contributed by atoms with Gasteiger partial charge in [-0.25, -0.2) is 4.79 Å². The first-order chi connectivity index (χ1) is 11.8. The van der Waals surface area contributed by atoms with Crippen LogP contribution in [0.5, 0.6) is 0 Å². The van der Waals surface area contributed by atoms with Crippen LogP contribution in [0.4, 0.5) is 4.79 Å². The molecule has 0 unspecified atom stereocenters. The minimum absolute atomic E-state index is 0.0264. The first-order valence-corrected chi connectivity index (χ1v) is 9.09. The van der Waals surface area contributed by atoms with Crippen molar-refractivity contribution < 1.29 is 14.3 Å². The Morgan fingerprint density at radius 2 is 1.80 bits per heavy atom. The Bertz CT molecular complexity index is 638. The molecule has 3 atom stereocenters. The van der Waals surface area contributed by atoms with Crippen molar-refractivity contribution >= 4 is 12.0 Å². The number of nitrogens with zero attached hydrogens (tertiary/aromatic N) is 2. The van der Waals surface area contributed by atoms with Gasteiger partial charge in [0.1, 0.15) is 5.60 Å². The Balaban J connectivity index is 1.55. The zero-order valence-corrected chi connectivity index (χ0v) is 15.6. The van der Waals surface area contributed by atoms with Crippen LogP contribution in [0.15, 0.2) is 30.3 Å². The third-order valence-electron chi connectivity index (χ3n) is 4.90. The second kappa shape index (κ2) is 6.70. The van der Waals surface area contributed by atoms with Gasteiger partial charge in [-0.3, -0.25) is 4.79 Å². The van der Waals surface area contributed by atoms with Crippen LogP contribution in [0, 0.1) is 5.92 Å². The second-order valence-corrected chi connectivity index (χ2v) is 8.17. The fourth-order valence-electron chi connectivity index (χ4n) is 3.52. The van der Waals surface area contributed by atoms with Crippen molar-refractivity contribution in [1.82, 2.24) is 9.80 Å². The minimum atomic E-state index is -0.499. The molecule has 5 nitrogen and oxygen atoms in total. The molecule has 1 saturated carbocycles. The van der Waals surface area contributed by atoms with E-state index in [1.165, 1.54) is 5.56 Å². The van der Waals surface area contributed by atoms with Gasteiger partial charge in [0.05, 0.1) is 0 Å². The molecule has 0 bridgehead atoms. The van der Waals surface area contributed by atoms with Gasteiger partial charge in [0, 0.05) is 31.6 Å². The van der Waals surface area contributed by atoms with Crippen LogP contribution in [-0.2, 0) is 9.53 Å². The number of hydrogen-bond acceptors (Lipinski definition) is 3. The summed E-state index contributed by atoms with van der Waals surface area (Å²) >= 11 is 0. The third kappa shape index (κ3) is 4.14. The second-order valence-electron chi connectivity index (χ2n) is 8.17. The number of amides is 2. The Morgan fingerprint density at radius 1 is 1.12 bits per heavy atom. The average Bonchev–Trinajstić information content (AvgIpc) is 3.33. The van der Waals surface area contributed by atoms with Crippen LogP contribution in [0.25, 0.3) is 0 Å². The Hall–Kier alpha value is -2.04. The van der Waals surface area contributed by atoms with Crippen molar-refractivity contribution in [2.45, 2.75) is 51.7 Å². The van der Waals surface area contributed by atoms with Crippen molar-refractivity contribution in [2.24, 2.45) is 5.92 Å². The highest BCUT2D eigenvalue weighted by molar-refractivity contribution is 5.83. The molecule has 1 saturated heterocycles. The van der Waals surface area contributed by atoms with E-state index in [4.69, 9.17) is 4.74 Å². The van der Waals surface area contributed by atoms with Gasteiger partial charge in [0.2, 0.25) is 5.91 Å². The van der Waals surface area contributed by atoms with E-state index < -0.39 is 5.60 Å². The maximum absolute atomic E-state index is 12.8. The van der Waals surface area contributed by atoms with Gasteiger partial charge in [0.15, 0.2) is 0 Å². The average molecular weight is 344 g/mol. The topological polar surface area (TPSA) is 49.9 Å². The molecule has 1 heterocycles. The molecule has 1 aliphatic heterocycles. The summed E-state index contributed by atoms with van der Waals surface area (Å²) in [6.45, 7) is 9.27. The van der Waals surface area contributed by atoms with Crippen molar-refractivity contribution in [3.05, 3.63) is 35.9 Å². The molecular weight excluding hydrogens is 316 g/mol. The van der Waals surface area contributed by atoms with Crippen molar-refractivity contribution in [2.75, 3.05) is 19.6 Å². The van der Waals surface area contributed by atoms with E-state index in [1.807, 2.05) is 50.8 Å². The summed E-state index contributed by atoms with van der Waals surface area (Å²) in [6.07, 6.45) is 0.643. The van der Waals surface area contributed by atoms with E-state index in [0.717, 1.165) is 6.42 Å². The zero-order valence-electron chi connectivity index (χ0n) is 15.6. The summed E-state index contributed by atoms with van der Waals surface area (Å²) < 4.78 is 5.46. The first kappa shape index (κ1) is 17.8. The SMILES string of the molecule is C[C@@H]1CN(C(=O)[C@@H]2C[C@@H]2c2ccccc2)CCN1C(=O)OC(C)(C)C. The number of benzene rings is 1. The lowest BCUT2D eigenvalue weighted by Crippen LogP contribution is -2.56. The number of ether oxygens (including phenoxy) is 1. The largest absolute Gasteiger partial charge is 0.444 e. The van der Waals surface area contributed by atoms with Crippen LogP contribution < -0.4 is 0 Å². The predicted molar refractivity (Wildman–Crippen MR) is 96.3 cm³/mol. The van der Waals surface area contributed by atoms with Gasteiger partial charge in [-0.15, -0.1) is 0 Å². The van der Waals surface area contributed by atoms with E-state index >= 15 is 0 Å². The summed E-state index contributed by atoms with van der Waals surface area (Å²) in [5.74, 6) is 0.681. The van der Waals surface area contributed by atoms with Crippen LogP contribution in [0.2, 0.25) is 0 Å². The summed E-state index contributed by atoms with van der Waals surface area (Å²) in [6, 6.07) is 10.2. The van der Waals surface area contributed by atoms with Crippen molar-refractivity contribution in [3.8, 4) is 0 Å². The van der Waals surface area contributed by atoms with Gasteiger partial charge in [-0.1, -0.05) is 30.3 Å². The lowest BCUT2D eigenvalue weighted by molar-refractivity contribution is -0.135. The van der Waals surface area contributed by atoms with Crippen LogP contribution in [-0.4, -0.2) is 53.1 Å². The van der Waals surface area contributed by atoms with E-state index in [2.05, 4.69) is 12.1 Å². The van der Waals surface area contributed by atoms with E-state index in [1.54, 1.807) is 4.90 Å². The molecular formula is C20H28N2O3. The third-order valence-corrected chi connectivity index (χ3v) is 4.90. The molecule has 0 N–H and O–H groups in total. The first-order valence-electron chi connectivity index (χ1n) is 9.09. The zero-order chi connectivity index (χ0) is 18.2.